The van der Waals surface area contributed by atoms with E-state index in [1.165, 1.54) is 70.6 Å². The molecule has 0 aromatic rings. The summed E-state index contributed by atoms with van der Waals surface area (Å²) in [7, 11) is 0. The summed E-state index contributed by atoms with van der Waals surface area (Å²) in [6.45, 7) is 12.7. The van der Waals surface area contributed by atoms with Gasteiger partial charge in [-0.3, -0.25) is 0 Å². The van der Waals surface area contributed by atoms with Gasteiger partial charge in [-0.05, 0) is 97.7 Å². The number of fused-ring (bicyclic) bond motifs is 5. The lowest BCUT2D eigenvalue weighted by Gasteiger charge is -2.58. The molecule has 0 amide bonds. The van der Waals surface area contributed by atoms with E-state index in [2.05, 4.69) is 40.7 Å². The Kier molecular flexibility index (Phi) is 5.80. The molecule has 4 unspecified atom stereocenters. The molecule has 160 valence electrons. The Morgan fingerprint density at radius 1 is 1.00 bits per heavy atom. The first-order valence-corrected chi connectivity index (χ1v) is 12.7. The van der Waals surface area contributed by atoms with Gasteiger partial charge in [-0.25, -0.2) is 0 Å². The van der Waals surface area contributed by atoms with Crippen LogP contribution in [0, 0.1) is 46.3 Å². The van der Waals surface area contributed by atoms with Gasteiger partial charge in [0, 0.05) is 6.04 Å². The summed E-state index contributed by atoms with van der Waals surface area (Å²) in [6, 6.07) is 0.423. The molecule has 8 atom stereocenters. The van der Waals surface area contributed by atoms with Crippen LogP contribution >= 0.6 is 0 Å². The fourth-order valence-electron chi connectivity index (χ4n) is 8.71. The molecule has 3 fully saturated rings. The third kappa shape index (κ3) is 3.42. The summed E-state index contributed by atoms with van der Waals surface area (Å²) in [6.07, 6.45) is 18.1. The van der Waals surface area contributed by atoms with Crippen molar-refractivity contribution in [1.29, 1.82) is 0 Å². The van der Waals surface area contributed by atoms with E-state index in [9.17, 15) is 0 Å². The summed E-state index contributed by atoms with van der Waals surface area (Å²) < 4.78 is 0. The zero-order valence-electron chi connectivity index (χ0n) is 19.5. The fraction of sp³-hybridized carbons (Fsp3) is 0.926. The molecule has 3 saturated carbocycles. The minimum absolute atomic E-state index is 0.423. The molecule has 0 heterocycles. The van der Waals surface area contributed by atoms with E-state index in [0.29, 0.717) is 16.9 Å². The smallest absolute Gasteiger partial charge is 0.00766 e. The van der Waals surface area contributed by atoms with Crippen molar-refractivity contribution in [3.8, 4) is 0 Å². The van der Waals surface area contributed by atoms with Crippen LogP contribution < -0.4 is 5.73 Å². The van der Waals surface area contributed by atoms with Crippen molar-refractivity contribution in [3.05, 3.63) is 11.6 Å². The van der Waals surface area contributed by atoms with Crippen molar-refractivity contribution in [2.45, 2.75) is 111 Å². The lowest BCUT2D eigenvalue weighted by Crippen LogP contribution is -2.51. The third-order valence-corrected chi connectivity index (χ3v) is 10.3. The zero-order chi connectivity index (χ0) is 20.1. The van der Waals surface area contributed by atoms with Crippen LogP contribution in [0.15, 0.2) is 11.6 Å². The minimum Gasteiger partial charge on any atom is -0.327 e. The second kappa shape index (κ2) is 7.75. The second-order valence-corrected chi connectivity index (χ2v) is 12.3. The highest BCUT2D eigenvalue weighted by Crippen LogP contribution is 2.67. The Balaban J connectivity index is 1.49. The monoisotopic (exact) mass is 385 g/mol. The van der Waals surface area contributed by atoms with E-state index >= 15 is 0 Å². The van der Waals surface area contributed by atoms with Gasteiger partial charge in [0.15, 0.2) is 0 Å². The molecule has 4 aliphatic carbocycles. The molecule has 0 radical (unpaired) electrons. The van der Waals surface area contributed by atoms with Crippen molar-refractivity contribution < 1.29 is 0 Å². The lowest BCUT2D eigenvalue weighted by molar-refractivity contribution is -0.0508. The molecule has 0 aromatic heterocycles. The third-order valence-electron chi connectivity index (χ3n) is 10.3. The molecule has 0 spiro atoms. The second-order valence-electron chi connectivity index (χ2n) is 12.3. The minimum atomic E-state index is 0.423. The number of nitrogens with two attached hydrogens (primary N) is 1. The number of hydrogen-bond donors (Lipinski definition) is 1. The molecule has 0 saturated heterocycles. The van der Waals surface area contributed by atoms with Gasteiger partial charge in [-0.1, -0.05) is 65.5 Å². The molecule has 28 heavy (non-hydrogen) atoms. The van der Waals surface area contributed by atoms with Gasteiger partial charge >= 0.3 is 0 Å². The molecular formula is C27H47N. The van der Waals surface area contributed by atoms with Crippen molar-refractivity contribution in [1.82, 2.24) is 0 Å². The molecule has 1 nitrogen and oxygen atoms in total. The molecular weight excluding hydrogens is 338 g/mol. The molecule has 0 aliphatic heterocycles. The van der Waals surface area contributed by atoms with Gasteiger partial charge < -0.3 is 5.73 Å². The van der Waals surface area contributed by atoms with Crippen LogP contribution in [0.2, 0.25) is 0 Å². The van der Waals surface area contributed by atoms with Crippen molar-refractivity contribution >= 4 is 0 Å². The Morgan fingerprint density at radius 2 is 1.79 bits per heavy atom. The molecule has 0 aromatic carbocycles. The molecule has 1 heteroatoms. The molecule has 0 bridgehead atoms. The quantitative estimate of drug-likeness (QED) is 0.492. The van der Waals surface area contributed by atoms with Crippen LogP contribution in [0.4, 0.5) is 0 Å². The van der Waals surface area contributed by atoms with Gasteiger partial charge in [0.1, 0.15) is 0 Å². The number of rotatable bonds is 5. The van der Waals surface area contributed by atoms with Gasteiger partial charge in [-0.15, -0.1) is 0 Å². The lowest BCUT2D eigenvalue weighted by atomic mass is 9.47. The summed E-state index contributed by atoms with van der Waals surface area (Å²) in [5.74, 6) is 5.63. The number of allylic oxidation sites excluding steroid dienone is 1. The highest BCUT2D eigenvalue weighted by molar-refractivity contribution is 5.25. The predicted molar refractivity (Wildman–Crippen MR) is 121 cm³/mol. The first kappa shape index (κ1) is 21.0. The van der Waals surface area contributed by atoms with Crippen molar-refractivity contribution in [2.75, 3.05) is 0 Å². The van der Waals surface area contributed by atoms with Crippen molar-refractivity contribution in [2.24, 2.45) is 52.1 Å². The Labute approximate surface area is 175 Å². The average Bonchev–Trinajstić information content (AvgIpc) is 2.99. The van der Waals surface area contributed by atoms with Crippen LogP contribution in [0.5, 0.6) is 0 Å². The van der Waals surface area contributed by atoms with Crippen LogP contribution in [-0.2, 0) is 0 Å². The van der Waals surface area contributed by atoms with Gasteiger partial charge in [0.2, 0.25) is 0 Å². The normalized spacial score (nSPS) is 46.5. The maximum atomic E-state index is 6.34. The summed E-state index contributed by atoms with van der Waals surface area (Å²) in [5.41, 5.74) is 9.18. The fourth-order valence-corrected chi connectivity index (χ4v) is 8.71. The van der Waals surface area contributed by atoms with E-state index in [0.717, 1.165) is 35.5 Å². The first-order chi connectivity index (χ1) is 13.3. The zero-order valence-corrected chi connectivity index (χ0v) is 19.5. The SMILES string of the molecule is CC(C)CCCC(C)[C@H]1CCC2C3CC=C4C[C@H](N)CC[C@]4(C)C3CC[C@@]21C. The van der Waals surface area contributed by atoms with Crippen molar-refractivity contribution in [3.63, 3.8) is 0 Å². The van der Waals surface area contributed by atoms with E-state index in [1.54, 1.807) is 5.57 Å². The maximum absolute atomic E-state index is 6.34. The summed E-state index contributed by atoms with van der Waals surface area (Å²) >= 11 is 0. The highest BCUT2D eigenvalue weighted by atomic mass is 14.7. The molecule has 4 rings (SSSR count). The Morgan fingerprint density at radius 3 is 2.54 bits per heavy atom. The Hall–Kier alpha value is -0.300. The topological polar surface area (TPSA) is 26.0 Å². The first-order valence-electron chi connectivity index (χ1n) is 12.7. The van der Waals surface area contributed by atoms with Crippen LogP contribution in [0.1, 0.15) is 105 Å². The standard InChI is InChI=1S/C27H47N/c1-18(2)7-6-8-19(3)23-11-12-24-22-10-9-20-17-21(28)13-15-26(20,4)25(22)14-16-27(23,24)5/h9,18-19,21-25H,6-8,10-17,28H2,1-5H3/t19?,21-,22?,23-,24?,25?,26+,27-/m1/s1. The van der Waals surface area contributed by atoms with Crippen LogP contribution in [-0.4, -0.2) is 6.04 Å². The van der Waals surface area contributed by atoms with E-state index in [4.69, 9.17) is 5.73 Å². The maximum Gasteiger partial charge on any atom is 0.00766 e. The van der Waals surface area contributed by atoms with Crippen LogP contribution in [0.25, 0.3) is 0 Å². The van der Waals surface area contributed by atoms with E-state index in [-0.39, 0.29) is 0 Å². The van der Waals surface area contributed by atoms with Gasteiger partial charge in [0.05, 0.1) is 0 Å². The number of hydrogen-bond acceptors (Lipinski definition) is 1. The largest absolute Gasteiger partial charge is 0.327 e. The average molecular weight is 386 g/mol. The van der Waals surface area contributed by atoms with Crippen LogP contribution in [0.3, 0.4) is 0 Å². The van der Waals surface area contributed by atoms with Gasteiger partial charge in [-0.2, -0.15) is 0 Å². The Bertz CT molecular complexity index is 591. The summed E-state index contributed by atoms with van der Waals surface area (Å²) in [5, 5.41) is 0. The predicted octanol–water partition coefficient (Wildman–Crippen LogP) is 7.36. The molecule has 4 aliphatic rings. The summed E-state index contributed by atoms with van der Waals surface area (Å²) in [4.78, 5) is 0. The van der Waals surface area contributed by atoms with E-state index < -0.39 is 0 Å². The van der Waals surface area contributed by atoms with Gasteiger partial charge in [0.25, 0.3) is 0 Å². The van der Waals surface area contributed by atoms with E-state index in [1.807, 2.05) is 0 Å². The molecule has 2 N–H and O–H groups in total. The highest BCUT2D eigenvalue weighted by Gasteiger charge is 2.58.